The van der Waals surface area contributed by atoms with Gasteiger partial charge in [-0.15, -0.1) is 0 Å². The number of benzene rings is 1. The third-order valence-electron chi connectivity index (χ3n) is 4.86. The monoisotopic (exact) mass is 426 g/mol. The lowest BCUT2D eigenvalue weighted by Crippen LogP contribution is -2.49. The van der Waals surface area contributed by atoms with Crippen molar-refractivity contribution in [2.45, 2.75) is 32.2 Å². The maximum Gasteiger partial charge on any atom is 0.405 e. The highest BCUT2D eigenvalue weighted by molar-refractivity contribution is 6.02. The number of carbonyl (C=O) groups is 2. The van der Waals surface area contributed by atoms with E-state index in [1.165, 1.54) is 5.01 Å². The summed E-state index contributed by atoms with van der Waals surface area (Å²) in [4.78, 5) is 28.3. The van der Waals surface area contributed by atoms with E-state index in [1.807, 2.05) is 25.1 Å². The van der Waals surface area contributed by atoms with Gasteiger partial charge in [0.25, 0.3) is 5.91 Å². The maximum atomic E-state index is 13.1. The van der Waals surface area contributed by atoms with Crippen molar-refractivity contribution in [2.24, 2.45) is 5.10 Å². The van der Waals surface area contributed by atoms with Crippen molar-refractivity contribution < 1.29 is 24.2 Å². The Labute approximate surface area is 180 Å². The molecule has 9 nitrogen and oxygen atoms in total. The molecule has 2 heterocycles. The van der Waals surface area contributed by atoms with Gasteiger partial charge in [-0.25, -0.2) is 9.80 Å². The Bertz CT molecular complexity index is 948. The SMILES string of the molecule is CCOc1cc(C2=NN(C(=O)[C@@H](Cc3ccncc3)NC(=O)O)CCC2)ccc1OC. The van der Waals surface area contributed by atoms with Gasteiger partial charge in [-0.05, 0) is 55.7 Å². The zero-order valence-corrected chi connectivity index (χ0v) is 17.6. The van der Waals surface area contributed by atoms with Crippen LogP contribution in [0.2, 0.25) is 0 Å². The molecule has 164 valence electrons. The minimum atomic E-state index is -1.26. The number of pyridine rings is 1. The number of hydrazone groups is 1. The summed E-state index contributed by atoms with van der Waals surface area (Å²) in [5.41, 5.74) is 2.37. The van der Waals surface area contributed by atoms with Gasteiger partial charge in [0.1, 0.15) is 6.04 Å². The predicted octanol–water partition coefficient (Wildman–Crippen LogP) is 2.69. The summed E-state index contributed by atoms with van der Waals surface area (Å²) in [7, 11) is 1.58. The van der Waals surface area contributed by atoms with E-state index in [2.05, 4.69) is 15.4 Å². The van der Waals surface area contributed by atoms with Crippen LogP contribution in [0.1, 0.15) is 30.9 Å². The molecular formula is C22H26N4O5. The highest BCUT2D eigenvalue weighted by Crippen LogP contribution is 2.29. The number of carboxylic acid groups (broad SMARTS) is 1. The lowest BCUT2D eigenvalue weighted by molar-refractivity contribution is -0.133. The van der Waals surface area contributed by atoms with Crippen LogP contribution < -0.4 is 14.8 Å². The first kappa shape index (κ1) is 22.1. The Hall–Kier alpha value is -3.62. The topological polar surface area (TPSA) is 113 Å². The summed E-state index contributed by atoms with van der Waals surface area (Å²) in [5, 5.41) is 17.4. The highest BCUT2D eigenvalue weighted by Gasteiger charge is 2.28. The van der Waals surface area contributed by atoms with Crippen molar-refractivity contribution in [1.82, 2.24) is 15.3 Å². The molecule has 1 atom stereocenters. The lowest BCUT2D eigenvalue weighted by atomic mass is 10.0. The summed E-state index contributed by atoms with van der Waals surface area (Å²) < 4.78 is 11.0. The van der Waals surface area contributed by atoms with Crippen molar-refractivity contribution >= 4 is 17.7 Å². The van der Waals surface area contributed by atoms with Crippen molar-refractivity contribution in [3.8, 4) is 11.5 Å². The molecule has 0 fully saturated rings. The molecule has 31 heavy (non-hydrogen) atoms. The van der Waals surface area contributed by atoms with Gasteiger partial charge in [0.15, 0.2) is 11.5 Å². The molecule has 1 aliphatic heterocycles. The Morgan fingerprint density at radius 1 is 1.23 bits per heavy atom. The highest BCUT2D eigenvalue weighted by atomic mass is 16.5. The van der Waals surface area contributed by atoms with Crippen LogP contribution in [0.4, 0.5) is 4.79 Å². The second kappa shape index (κ2) is 10.4. The van der Waals surface area contributed by atoms with E-state index in [1.54, 1.807) is 31.6 Å². The summed E-state index contributed by atoms with van der Waals surface area (Å²) in [6, 6.07) is 8.08. The van der Waals surface area contributed by atoms with E-state index < -0.39 is 18.0 Å². The van der Waals surface area contributed by atoms with E-state index in [0.29, 0.717) is 31.1 Å². The van der Waals surface area contributed by atoms with E-state index in [4.69, 9.17) is 9.47 Å². The van der Waals surface area contributed by atoms with Crippen molar-refractivity contribution in [2.75, 3.05) is 20.3 Å². The average molecular weight is 426 g/mol. The van der Waals surface area contributed by atoms with Crippen LogP contribution in [0.5, 0.6) is 11.5 Å². The zero-order chi connectivity index (χ0) is 22.2. The van der Waals surface area contributed by atoms with Gasteiger partial charge in [0.2, 0.25) is 0 Å². The Kier molecular flexibility index (Phi) is 7.42. The molecule has 2 N–H and O–H groups in total. The number of nitrogens with one attached hydrogen (secondary N) is 1. The van der Waals surface area contributed by atoms with Crippen molar-refractivity contribution in [3.05, 3.63) is 53.9 Å². The van der Waals surface area contributed by atoms with Crippen LogP contribution in [-0.4, -0.2) is 59.1 Å². The number of ether oxygens (including phenoxy) is 2. The molecule has 1 aromatic heterocycles. The first-order valence-electron chi connectivity index (χ1n) is 10.1. The third-order valence-corrected chi connectivity index (χ3v) is 4.86. The molecule has 3 rings (SSSR count). The van der Waals surface area contributed by atoms with Gasteiger partial charge in [-0.3, -0.25) is 9.78 Å². The van der Waals surface area contributed by atoms with Gasteiger partial charge in [-0.1, -0.05) is 0 Å². The molecule has 0 unspecified atom stereocenters. The quantitative estimate of drug-likeness (QED) is 0.671. The maximum absolute atomic E-state index is 13.1. The largest absolute Gasteiger partial charge is 0.493 e. The number of aromatic nitrogens is 1. The normalized spacial score (nSPS) is 14.4. The minimum Gasteiger partial charge on any atom is -0.493 e. The molecule has 1 aliphatic rings. The van der Waals surface area contributed by atoms with E-state index >= 15 is 0 Å². The number of amides is 2. The van der Waals surface area contributed by atoms with Crippen LogP contribution >= 0.6 is 0 Å². The van der Waals surface area contributed by atoms with Gasteiger partial charge >= 0.3 is 6.09 Å². The third kappa shape index (κ3) is 5.71. The van der Waals surface area contributed by atoms with Gasteiger partial charge < -0.3 is 19.9 Å². The van der Waals surface area contributed by atoms with Crippen LogP contribution in [0.25, 0.3) is 0 Å². The summed E-state index contributed by atoms with van der Waals surface area (Å²) in [6.45, 7) is 2.81. The number of carbonyl (C=O) groups excluding carboxylic acids is 1. The molecule has 1 aromatic carbocycles. The smallest absolute Gasteiger partial charge is 0.405 e. The molecule has 9 heteroatoms. The summed E-state index contributed by atoms with van der Waals surface area (Å²) in [5.74, 6) is 0.838. The second-order valence-electron chi connectivity index (χ2n) is 6.97. The molecule has 0 spiro atoms. The average Bonchev–Trinajstić information content (AvgIpc) is 2.79. The Morgan fingerprint density at radius 2 is 2.00 bits per heavy atom. The number of methoxy groups -OCH3 is 1. The van der Waals surface area contributed by atoms with Gasteiger partial charge in [0, 0.05) is 30.9 Å². The minimum absolute atomic E-state index is 0.214. The van der Waals surface area contributed by atoms with Gasteiger partial charge in [-0.2, -0.15) is 5.10 Å². The Morgan fingerprint density at radius 3 is 2.68 bits per heavy atom. The van der Waals surface area contributed by atoms with Gasteiger partial charge in [0.05, 0.1) is 19.4 Å². The molecular weight excluding hydrogens is 400 g/mol. The number of hydrogen-bond acceptors (Lipinski definition) is 6. The number of rotatable bonds is 8. The summed E-state index contributed by atoms with van der Waals surface area (Å²) in [6.07, 6.45) is 3.58. The molecule has 0 bridgehead atoms. The second-order valence-corrected chi connectivity index (χ2v) is 6.97. The molecule has 2 amide bonds. The van der Waals surface area contributed by atoms with Crippen LogP contribution in [0.3, 0.4) is 0 Å². The fraction of sp³-hybridized carbons (Fsp3) is 0.364. The molecule has 2 aromatic rings. The van der Waals surface area contributed by atoms with Crippen molar-refractivity contribution in [1.29, 1.82) is 0 Å². The summed E-state index contributed by atoms with van der Waals surface area (Å²) >= 11 is 0. The molecule has 0 aliphatic carbocycles. The standard InChI is InChI=1S/C22H26N4O5/c1-3-31-20-14-16(6-7-19(20)30-2)17-5-4-12-26(25-17)21(27)18(24-22(28)29)13-15-8-10-23-11-9-15/h6-11,14,18,24H,3-5,12-13H2,1-2H3,(H,28,29)/t18-/m1/s1. The first-order valence-corrected chi connectivity index (χ1v) is 10.1. The lowest BCUT2D eigenvalue weighted by Gasteiger charge is -2.27. The van der Waals surface area contributed by atoms with Crippen LogP contribution in [0, 0.1) is 0 Å². The van der Waals surface area contributed by atoms with E-state index in [0.717, 1.165) is 23.3 Å². The van der Waals surface area contributed by atoms with Crippen molar-refractivity contribution in [3.63, 3.8) is 0 Å². The fourth-order valence-corrected chi connectivity index (χ4v) is 3.41. The number of nitrogens with zero attached hydrogens (tertiary/aromatic N) is 3. The number of hydrogen-bond donors (Lipinski definition) is 2. The van der Waals surface area contributed by atoms with Crippen LogP contribution in [-0.2, 0) is 11.2 Å². The molecule has 0 saturated heterocycles. The first-order chi connectivity index (χ1) is 15.0. The predicted molar refractivity (Wildman–Crippen MR) is 115 cm³/mol. The fourth-order valence-electron chi connectivity index (χ4n) is 3.41. The molecule has 0 saturated carbocycles. The van der Waals surface area contributed by atoms with Crippen LogP contribution in [0.15, 0.2) is 47.8 Å². The van der Waals surface area contributed by atoms with E-state index in [9.17, 15) is 14.7 Å². The Balaban J connectivity index is 1.84. The van der Waals surface area contributed by atoms with E-state index in [-0.39, 0.29) is 6.42 Å². The molecule has 0 radical (unpaired) electrons. The zero-order valence-electron chi connectivity index (χ0n) is 17.6.